The van der Waals surface area contributed by atoms with Gasteiger partial charge in [-0.25, -0.2) is 0 Å². The zero-order valence-corrected chi connectivity index (χ0v) is 7.62. The Morgan fingerprint density at radius 2 is 1.47 bits per heavy atom. The van der Waals surface area contributed by atoms with Crippen molar-refractivity contribution in [2.45, 2.75) is 12.8 Å². The second kappa shape index (κ2) is 5.74. The van der Waals surface area contributed by atoms with E-state index in [0.717, 1.165) is 0 Å². The van der Waals surface area contributed by atoms with Crippen molar-refractivity contribution >= 4 is 24.2 Å². The highest BCUT2D eigenvalue weighted by molar-refractivity contribution is 5.93. The van der Waals surface area contributed by atoms with E-state index in [4.69, 9.17) is 15.3 Å². The fourth-order valence-electron chi connectivity index (χ4n) is 1.01. The first kappa shape index (κ1) is 13.1. The second-order valence-corrected chi connectivity index (χ2v) is 2.90. The predicted octanol–water partition coefficient (Wildman–Crippen LogP) is -0.548. The molecule has 0 saturated carbocycles. The van der Waals surface area contributed by atoms with E-state index in [0.29, 0.717) is 6.29 Å². The van der Waals surface area contributed by atoms with Gasteiger partial charge in [-0.1, -0.05) is 0 Å². The molecule has 0 aromatic rings. The Morgan fingerprint density at radius 1 is 1.00 bits per heavy atom. The second-order valence-electron chi connectivity index (χ2n) is 2.90. The Kier molecular flexibility index (Phi) is 5.00. The third kappa shape index (κ3) is 4.21. The van der Waals surface area contributed by atoms with Crippen LogP contribution in [0.15, 0.2) is 0 Å². The van der Waals surface area contributed by atoms with Crippen LogP contribution in [0.1, 0.15) is 12.8 Å². The molecular formula is C8H10O7. The summed E-state index contributed by atoms with van der Waals surface area (Å²) in [4.78, 5) is 41.5. The number of aldehydes is 1. The summed E-state index contributed by atoms with van der Waals surface area (Å²) in [6.07, 6.45) is -0.676. The third-order valence-corrected chi connectivity index (χ3v) is 1.85. The van der Waals surface area contributed by atoms with Gasteiger partial charge in [0.25, 0.3) is 0 Å². The van der Waals surface area contributed by atoms with Crippen molar-refractivity contribution in [1.82, 2.24) is 0 Å². The normalized spacial score (nSPS) is 12.1. The number of carbonyl (C=O) groups is 4. The van der Waals surface area contributed by atoms with Gasteiger partial charge in [0.2, 0.25) is 0 Å². The lowest BCUT2D eigenvalue weighted by Crippen LogP contribution is -2.29. The van der Waals surface area contributed by atoms with E-state index in [9.17, 15) is 19.2 Å². The van der Waals surface area contributed by atoms with Crippen LogP contribution in [-0.4, -0.2) is 39.5 Å². The zero-order valence-electron chi connectivity index (χ0n) is 7.62. The topological polar surface area (TPSA) is 129 Å². The van der Waals surface area contributed by atoms with E-state index in [1.165, 1.54) is 0 Å². The summed E-state index contributed by atoms with van der Waals surface area (Å²) in [5.41, 5.74) is 0. The number of carboxylic acids is 3. The number of hydrogen-bond donors (Lipinski definition) is 3. The molecule has 0 bridgehead atoms. The molecule has 1 unspecified atom stereocenters. The average Bonchev–Trinajstić information content (AvgIpc) is 2.10. The van der Waals surface area contributed by atoms with Gasteiger partial charge in [0.15, 0.2) is 5.92 Å². The number of aliphatic carboxylic acids is 3. The van der Waals surface area contributed by atoms with Crippen molar-refractivity contribution in [3.63, 3.8) is 0 Å². The quantitative estimate of drug-likeness (QED) is 0.386. The zero-order chi connectivity index (χ0) is 12.0. The highest BCUT2D eigenvalue weighted by atomic mass is 16.4. The molecule has 84 valence electrons. The molecule has 0 aromatic carbocycles. The molecule has 0 heterocycles. The molecule has 1 atom stereocenters. The Hall–Kier alpha value is -1.92. The van der Waals surface area contributed by atoms with Crippen LogP contribution in [0, 0.1) is 11.8 Å². The molecule has 0 aliphatic heterocycles. The maximum absolute atomic E-state index is 10.5. The molecule has 0 aliphatic rings. The summed E-state index contributed by atoms with van der Waals surface area (Å²) in [5.74, 6) is -7.68. The van der Waals surface area contributed by atoms with Gasteiger partial charge in [-0.2, -0.15) is 0 Å². The number of rotatable bonds is 7. The average molecular weight is 218 g/mol. The van der Waals surface area contributed by atoms with E-state index in [-0.39, 0.29) is 0 Å². The van der Waals surface area contributed by atoms with Crippen LogP contribution < -0.4 is 0 Å². The summed E-state index contributed by atoms with van der Waals surface area (Å²) in [7, 11) is 0. The van der Waals surface area contributed by atoms with Gasteiger partial charge in [-0.05, 0) is 6.42 Å². The summed E-state index contributed by atoms with van der Waals surface area (Å²) >= 11 is 0. The fraction of sp³-hybridized carbons (Fsp3) is 0.500. The van der Waals surface area contributed by atoms with Gasteiger partial charge in [0.1, 0.15) is 6.29 Å². The molecule has 7 nitrogen and oxygen atoms in total. The maximum Gasteiger partial charge on any atom is 0.317 e. The van der Waals surface area contributed by atoms with Crippen molar-refractivity contribution in [1.29, 1.82) is 0 Å². The molecule has 0 aromatic heterocycles. The Morgan fingerprint density at radius 3 is 1.73 bits per heavy atom. The van der Waals surface area contributed by atoms with Gasteiger partial charge < -0.3 is 20.1 Å². The van der Waals surface area contributed by atoms with Crippen molar-refractivity contribution < 1.29 is 34.5 Å². The number of hydrogen-bond acceptors (Lipinski definition) is 4. The summed E-state index contributed by atoms with van der Waals surface area (Å²) in [6.45, 7) is 0. The van der Waals surface area contributed by atoms with Crippen molar-refractivity contribution in [3.05, 3.63) is 0 Å². The molecule has 15 heavy (non-hydrogen) atoms. The van der Waals surface area contributed by atoms with Crippen molar-refractivity contribution in [2.24, 2.45) is 11.8 Å². The van der Waals surface area contributed by atoms with Crippen LogP contribution in [0.25, 0.3) is 0 Å². The fourth-order valence-corrected chi connectivity index (χ4v) is 1.01. The minimum Gasteiger partial charge on any atom is -0.481 e. The highest BCUT2D eigenvalue weighted by Crippen LogP contribution is 2.16. The molecule has 0 rings (SSSR count). The molecule has 0 fully saturated rings. The SMILES string of the molecule is O=CCC(CC(C(=O)O)C(=O)O)C(=O)O. The van der Waals surface area contributed by atoms with Gasteiger partial charge >= 0.3 is 17.9 Å². The van der Waals surface area contributed by atoms with Crippen LogP contribution in [0.5, 0.6) is 0 Å². The highest BCUT2D eigenvalue weighted by Gasteiger charge is 2.31. The Labute approximate surface area is 84.3 Å². The lowest BCUT2D eigenvalue weighted by Gasteiger charge is -2.12. The first-order valence-electron chi connectivity index (χ1n) is 4.02. The first-order valence-corrected chi connectivity index (χ1v) is 4.02. The minimum atomic E-state index is -1.80. The van der Waals surface area contributed by atoms with E-state index in [1.807, 2.05) is 0 Å². The first-order chi connectivity index (χ1) is 6.90. The molecular weight excluding hydrogens is 208 g/mol. The predicted molar refractivity (Wildman–Crippen MR) is 45.2 cm³/mol. The van der Waals surface area contributed by atoms with Crippen LogP contribution in [0.4, 0.5) is 0 Å². The Balaban J connectivity index is 4.60. The van der Waals surface area contributed by atoms with Gasteiger partial charge in [0, 0.05) is 6.42 Å². The number of carboxylic acid groups (broad SMARTS) is 3. The smallest absolute Gasteiger partial charge is 0.317 e. The summed E-state index contributed by atoms with van der Waals surface area (Å²) in [6, 6.07) is 0. The Bertz CT molecular complexity index is 269. The lowest BCUT2D eigenvalue weighted by atomic mass is 9.92. The van der Waals surface area contributed by atoms with E-state index in [2.05, 4.69) is 0 Å². The van der Waals surface area contributed by atoms with Crippen LogP contribution in [0.3, 0.4) is 0 Å². The summed E-state index contributed by atoms with van der Waals surface area (Å²) in [5, 5.41) is 25.5. The monoisotopic (exact) mass is 218 g/mol. The van der Waals surface area contributed by atoms with E-state index >= 15 is 0 Å². The van der Waals surface area contributed by atoms with Gasteiger partial charge in [0.05, 0.1) is 5.92 Å². The minimum absolute atomic E-state index is 0.319. The number of carbonyl (C=O) groups excluding carboxylic acids is 1. The van der Waals surface area contributed by atoms with Crippen LogP contribution in [0.2, 0.25) is 0 Å². The van der Waals surface area contributed by atoms with Crippen molar-refractivity contribution in [3.8, 4) is 0 Å². The molecule has 3 N–H and O–H groups in total. The lowest BCUT2D eigenvalue weighted by molar-refractivity contribution is -0.156. The van der Waals surface area contributed by atoms with Crippen LogP contribution >= 0.6 is 0 Å². The molecule has 7 heteroatoms. The standard InChI is InChI=1S/C8H10O7/c9-2-1-4(6(10)11)3-5(7(12)13)8(14)15/h2,4-5H,1,3H2,(H,10,11)(H,12,13)(H,14,15). The van der Waals surface area contributed by atoms with Crippen LogP contribution in [-0.2, 0) is 19.2 Å². The molecule has 0 spiro atoms. The molecule has 0 saturated heterocycles. The molecule has 0 amide bonds. The van der Waals surface area contributed by atoms with E-state index in [1.54, 1.807) is 0 Å². The summed E-state index contributed by atoms with van der Waals surface area (Å²) < 4.78 is 0. The van der Waals surface area contributed by atoms with E-state index < -0.39 is 42.6 Å². The van der Waals surface area contributed by atoms with Crippen molar-refractivity contribution in [2.75, 3.05) is 0 Å². The largest absolute Gasteiger partial charge is 0.481 e. The molecule has 0 aliphatic carbocycles. The maximum atomic E-state index is 10.5. The van der Waals surface area contributed by atoms with Gasteiger partial charge in [-0.15, -0.1) is 0 Å². The molecule has 0 radical (unpaired) electrons. The van der Waals surface area contributed by atoms with Gasteiger partial charge in [-0.3, -0.25) is 14.4 Å². The third-order valence-electron chi connectivity index (χ3n) is 1.85.